The average molecular weight is 236 g/mol. The van der Waals surface area contributed by atoms with Crippen LogP contribution in [-0.2, 0) is 0 Å². The minimum atomic E-state index is -0.109. The number of hydrogen-bond donors (Lipinski definition) is 2. The monoisotopic (exact) mass is 236 g/mol. The van der Waals surface area contributed by atoms with Gasteiger partial charge in [0.1, 0.15) is 0 Å². The van der Waals surface area contributed by atoms with Crippen molar-refractivity contribution in [2.75, 3.05) is 6.61 Å². The fraction of sp³-hybridized carbons (Fsp3) is 0.929. The van der Waals surface area contributed by atoms with E-state index in [0.717, 1.165) is 32.1 Å². The van der Waals surface area contributed by atoms with Crippen LogP contribution >= 0.6 is 0 Å². The average Bonchev–Trinajstić information content (AvgIpc) is 2.76. The van der Waals surface area contributed by atoms with Crippen molar-refractivity contribution in [3.05, 3.63) is 0 Å². The number of nitrogens with zero attached hydrogens (tertiary/aromatic N) is 1. The fourth-order valence-corrected chi connectivity index (χ4v) is 3.66. The molecule has 0 spiro atoms. The molecule has 0 aromatic heterocycles. The fourth-order valence-electron chi connectivity index (χ4n) is 3.66. The Morgan fingerprint density at radius 1 is 1.35 bits per heavy atom. The van der Waals surface area contributed by atoms with Gasteiger partial charge in [-0.25, -0.2) is 0 Å². The quantitative estimate of drug-likeness (QED) is 0.790. The maximum Gasteiger partial charge on any atom is 0.0672 e. The minimum Gasteiger partial charge on any atom is -0.394 e. The Labute approximate surface area is 104 Å². The van der Waals surface area contributed by atoms with Gasteiger partial charge in [-0.05, 0) is 31.6 Å². The molecule has 0 saturated heterocycles. The van der Waals surface area contributed by atoms with Crippen LogP contribution in [0.25, 0.3) is 0 Å². The predicted molar refractivity (Wildman–Crippen MR) is 67.3 cm³/mol. The number of aliphatic hydroxyl groups is 1. The molecule has 4 atom stereocenters. The van der Waals surface area contributed by atoms with Gasteiger partial charge in [0.15, 0.2) is 0 Å². The summed E-state index contributed by atoms with van der Waals surface area (Å²) in [5.74, 6) is 0.834. The van der Waals surface area contributed by atoms with Crippen LogP contribution in [0.4, 0.5) is 0 Å². The second-order valence-corrected chi connectivity index (χ2v) is 6.06. The summed E-state index contributed by atoms with van der Waals surface area (Å²) >= 11 is 0. The molecule has 2 aliphatic rings. The number of hydrogen-bond acceptors (Lipinski definition) is 3. The zero-order valence-electron chi connectivity index (χ0n) is 10.8. The molecule has 0 bridgehead atoms. The Kier molecular flexibility index (Phi) is 4.06. The lowest BCUT2D eigenvalue weighted by atomic mass is 9.76. The Morgan fingerprint density at radius 2 is 2.18 bits per heavy atom. The summed E-state index contributed by atoms with van der Waals surface area (Å²) in [7, 11) is 0. The molecular weight excluding hydrogens is 212 g/mol. The first-order chi connectivity index (χ1) is 8.19. The largest absolute Gasteiger partial charge is 0.394 e. The summed E-state index contributed by atoms with van der Waals surface area (Å²) in [6, 6.07) is 2.72. The highest BCUT2D eigenvalue weighted by atomic mass is 16.3. The molecule has 4 unspecified atom stereocenters. The van der Waals surface area contributed by atoms with E-state index in [1.165, 1.54) is 12.8 Å². The molecule has 2 N–H and O–H groups in total. The van der Waals surface area contributed by atoms with Gasteiger partial charge in [-0.15, -0.1) is 0 Å². The number of nitrogens with one attached hydrogen (secondary N) is 1. The van der Waals surface area contributed by atoms with E-state index in [-0.39, 0.29) is 18.1 Å². The first-order valence-electron chi connectivity index (χ1n) is 6.97. The number of rotatable bonds is 3. The van der Waals surface area contributed by atoms with E-state index in [4.69, 9.17) is 5.26 Å². The topological polar surface area (TPSA) is 56.0 Å². The van der Waals surface area contributed by atoms with Crippen LogP contribution < -0.4 is 5.32 Å². The molecule has 0 aromatic carbocycles. The lowest BCUT2D eigenvalue weighted by Crippen LogP contribution is -2.56. The Morgan fingerprint density at radius 3 is 2.82 bits per heavy atom. The summed E-state index contributed by atoms with van der Waals surface area (Å²) in [6.45, 7) is 2.48. The van der Waals surface area contributed by atoms with E-state index >= 15 is 0 Å². The minimum absolute atomic E-state index is 0.109. The summed E-state index contributed by atoms with van der Waals surface area (Å²) in [4.78, 5) is 0. The number of aliphatic hydroxyl groups excluding tert-OH is 1. The molecule has 2 aliphatic carbocycles. The van der Waals surface area contributed by atoms with Crippen LogP contribution in [0.1, 0.15) is 51.9 Å². The van der Waals surface area contributed by atoms with Crippen molar-refractivity contribution < 1.29 is 5.11 Å². The van der Waals surface area contributed by atoms with E-state index in [1.807, 2.05) is 0 Å². The van der Waals surface area contributed by atoms with E-state index in [0.29, 0.717) is 12.0 Å². The predicted octanol–water partition coefficient (Wildman–Crippen LogP) is 2.21. The smallest absolute Gasteiger partial charge is 0.0672 e. The highest BCUT2D eigenvalue weighted by molar-refractivity contribution is 5.02. The van der Waals surface area contributed by atoms with Crippen LogP contribution in [0.3, 0.4) is 0 Å². The molecule has 0 aliphatic heterocycles. The molecule has 2 fully saturated rings. The Balaban J connectivity index is 2.01. The Hall–Kier alpha value is -0.590. The van der Waals surface area contributed by atoms with Crippen molar-refractivity contribution >= 4 is 0 Å². The van der Waals surface area contributed by atoms with E-state index in [2.05, 4.69) is 18.3 Å². The molecule has 2 saturated carbocycles. The van der Waals surface area contributed by atoms with Crippen molar-refractivity contribution in [3.8, 4) is 6.07 Å². The van der Waals surface area contributed by atoms with Crippen LogP contribution in [0, 0.1) is 23.2 Å². The van der Waals surface area contributed by atoms with Gasteiger partial charge >= 0.3 is 0 Å². The standard InChI is InChI=1S/C14H24N2O/c1-11-4-3-7-14(8-11,10-17)16-13-6-2-5-12(13)9-15/h11-13,16-17H,2-8,10H2,1H3. The van der Waals surface area contributed by atoms with Crippen molar-refractivity contribution in [3.63, 3.8) is 0 Å². The maximum atomic E-state index is 9.73. The van der Waals surface area contributed by atoms with Gasteiger partial charge in [0.25, 0.3) is 0 Å². The van der Waals surface area contributed by atoms with Crippen molar-refractivity contribution in [1.29, 1.82) is 5.26 Å². The van der Waals surface area contributed by atoms with Gasteiger partial charge in [0, 0.05) is 11.6 Å². The highest BCUT2D eigenvalue weighted by Crippen LogP contribution is 2.35. The van der Waals surface area contributed by atoms with Crippen LogP contribution in [0.15, 0.2) is 0 Å². The Bertz CT molecular complexity index is 299. The van der Waals surface area contributed by atoms with E-state index < -0.39 is 0 Å². The van der Waals surface area contributed by atoms with Gasteiger partial charge in [0.05, 0.1) is 18.6 Å². The zero-order valence-corrected chi connectivity index (χ0v) is 10.8. The highest BCUT2D eigenvalue weighted by Gasteiger charge is 2.39. The first kappa shape index (κ1) is 12.9. The third-order valence-corrected chi connectivity index (χ3v) is 4.57. The lowest BCUT2D eigenvalue weighted by Gasteiger charge is -2.42. The molecule has 0 heterocycles. The summed E-state index contributed by atoms with van der Waals surface area (Å²) in [5.41, 5.74) is -0.109. The second-order valence-electron chi connectivity index (χ2n) is 6.06. The molecule has 2 rings (SSSR count). The lowest BCUT2D eigenvalue weighted by molar-refractivity contribution is 0.0856. The molecule has 0 radical (unpaired) electrons. The van der Waals surface area contributed by atoms with E-state index in [1.54, 1.807) is 0 Å². The molecule has 96 valence electrons. The second kappa shape index (κ2) is 5.37. The summed E-state index contributed by atoms with van der Waals surface area (Å²) < 4.78 is 0. The third-order valence-electron chi connectivity index (χ3n) is 4.57. The van der Waals surface area contributed by atoms with Crippen LogP contribution in [0.5, 0.6) is 0 Å². The molecular formula is C14H24N2O. The normalized spacial score (nSPS) is 42.3. The third kappa shape index (κ3) is 2.81. The summed E-state index contributed by atoms with van der Waals surface area (Å²) in [5, 5.41) is 22.5. The summed E-state index contributed by atoms with van der Waals surface area (Å²) in [6.07, 6.45) is 7.83. The zero-order chi connectivity index (χ0) is 12.3. The first-order valence-corrected chi connectivity index (χ1v) is 6.97. The van der Waals surface area contributed by atoms with Gasteiger partial charge in [0.2, 0.25) is 0 Å². The van der Waals surface area contributed by atoms with Crippen LogP contribution in [-0.4, -0.2) is 23.3 Å². The van der Waals surface area contributed by atoms with Crippen molar-refractivity contribution in [2.24, 2.45) is 11.8 Å². The SMILES string of the molecule is CC1CCCC(CO)(NC2CCCC2C#N)C1. The molecule has 3 heteroatoms. The van der Waals surface area contributed by atoms with E-state index in [9.17, 15) is 5.11 Å². The maximum absolute atomic E-state index is 9.73. The van der Waals surface area contributed by atoms with Crippen molar-refractivity contribution in [1.82, 2.24) is 5.32 Å². The molecule has 3 nitrogen and oxygen atoms in total. The van der Waals surface area contributed by atoms with Gasteiger partial charge in [-0.2, -0.15) is 5.26 Å². The van der Waals surface area contributed by atoms with Gasteiger partial charge in [-0.3, -0.25) is 0 Å². The molecule has 17 heavy (non-hydrogen) atoms. The van der Waals surface area contributed by atoms with Gasteiger partial charge < -0.3 is 10.4 Å². The van der Waals surface area contributed by atoms with Crippen molar-refractivity contribution in [2.45, 2.75) is 63.5 Å². The number of nitriles is 1. The van der Waals surface area contributed by atoms with Crippen LogP contribution in [0.2, 0.25) is 0 Å². The van der Waals surface area contributed by atoms with Gasteiger partial charge in [-0.1, -0.05) is 26.2 Å². The molecule has 0 aromatic rings. The molecule has 0 amide bonds.